The highest BCUT2D eigenvalue weighted by molar-refractivity contribution is 7.10. The molecule has 1 aliphatic heterocycles. The molecule has 0 bridgehead atoms. The van der Waals surface area contributed by atoms with E-state index in [2.05, 4.69) is 34.3 Å². The van der Waals surface area contributed by atoms with Crippen LogP contribution in [0.3, 0.4) is 0 Å². The molecule has 0 aliphatic carbocycles. The van der Waals surface area contributed by atoms with Crippen molar-refractivity contribution in [3.8, 4) is 0 Å². The molecule has 0 radical (unpaired) electrons. The Balaban J connectivity index is 1.68. The van der Waals surface area contributed by atoms with Crippen molar-refractivity contribution in [2.75, 3.05) is 26.7 Å². The quantitative estimate of drug-likeness (QED) is 0.794. The van der Waals surface area contributed by atoms with Gasteiger partial charge in [0.05, 0.1) is 18.0 Å². The largest absolute Gasteiger partial charge is 0.350 e. The van der Waals surface area contributed by atoms with E-state index in [0.29, 0.717) is 6.54 Å². The van der Waals surface area contributed by atoms with Crippen molar-refractivity contribution in [3.63, 3.8) is 0 Å². The number of rotatable bonds is 5. The Labute approximate surface area is 169 Å². The van der Waals surface area contributed by atoms with E-state index in [0.717, 1.165) is 13.0 Å². The third-order valence-corrected chi connectivity index (χ3v) is 6.63. The highest BCUT2D eigenvalue weighted by Crippen LogP contribution is 2.31. The summed E-state index contributed by atoms with van der Waals surface area (Å²) in [6, 6.07) is 6.64. The standard InChI is InChI=1S/C20H27N3O2S2/c1-20(2,3)21-17(24)12-22(4)18(25)13-23-9-7-15-14(8-11-27-15)19(23)16-6-5-10-26-16/h5-6,8,10-11,19H,7,9,12-13H2,1-4H3,(H,21,24)/p+1/t19-/m1/s1. The minimum absolute atomic E-state index is 0.00861. The number of hydrogen-bond acceptors (Lipinski definition) is 4. The lowest BCUT2D eigenvalue weighted by Crippen LogP contribution is -3.14. The third kappa shape index (κ3) is 4.97. The molecule has 0 aromatic carbocycles. The maximum Gasteiger partial charge on any atom is 0.277 e. The molecule has 2 aromatic rings. The zero-order chi connectivity index (χ0) is 19.6. The summed E-state index contributed by atoms with van der Waals surface area (Å²) in [5.41, 5.74) is 1.06. The minimum atomic E-state index is -0.293. The second-order valence-corrected chi connectivity index (χ2v) is 10.1. The monoisotopic (exact) mass is 406 g/mol. The van der Waals surface area contributed by atoms with E-state index in [1.165, 1.54) is 20.2 Å². The first-order valence-electron chi connectivity index (χ1n) is 9.24. The van der Waals surface area contributed by atoms with Crippen LogP contribution < -0.4 is 10.2 Å². The first-order valence-corrected chi connectivity index (χ1v) is 11.0. The maximum absolute atomic E-state index is 12.8. The van der Waals surface area contributed by atoms with Gasteiger partial charge in [0.25, 0.3) is 5.91 Å². The number of nitrogens with one attached hydrogen (secondary N) is 2. The minimum Gasteiger partial charge on any atom is -0.350 e. The normalized spacial score (nSPS) is 19.4. The van der Waals surface area contributed by atoms with E-state index in [9.17, 15) is 9.59 Å². The number of carbonyl (C=O) groups is 2. The Kier molecular flexibility index (Phi) is 6.03. The van der Waals surface area contributed by atoms with Crippen LogP contribution in [0.25, 0.3) is 0 Å². The van der Waals surface area contributed by atoms with E-state index in [1.807, 2.05) is 32.1 Å². The number of fused-ring (bicyclic) bond motifs is 1. The van der Waals surface area contributed by atoms with Crippen molar-refractivity contribution >= 4 is 34.5 Å². The molecular formula is C20H28N3O2S2+. The SMILES string of the molecule is CN(CC(=O)NC(C)(C)C)C(=O)C[NH+]1CCc2sccc2[C@@H]1c1cccs1. The Hall–Kier alpha value is -1.70. The zero-order valence-corrected chi connectivity index (χ0v) is 18.0. The second-order valence-electron chi connectivity index (χ2n) is 8.13. The van der Waals surface area contributed by atoms with E-state index < -0.39 is 0 Å². The third-order valence-electron chi connectivity index (χ3n) is 4.70. The second kappa shape index (κ2) is 8.12. The molecule has 0 spiro atoms. The number of quaternary nitrogens is 1. The van der Waals surface area contributed by atoms with Crippen LogP contribution in [0, 0.1) is 0 Å². The molecule has 0 saturated heterocycles. The molecule has 0 saturated carbocycles. The predicted molar refractivity (Wildman–Crippen MR) is 110 cm³/mol. The highest BCUT2D eigenvalue weighted by Gasteiger charge is 2.35. The summed E-state index contributed by atoms with van der Waals surface area (Å²) in [7, 11) is 1.71. The topological polar surface area (TPSA) is 53.9 Å². The molecule has 0 fully saturated rings. The Morgan fingerprint density at radius 1 is 1.26 bits per heavy atom. The lowest BCUT2D eigenvalue weighted by atomic mass is 9.98. The van der Waals surface area contributed by atoms with Gasteiger partial charge in [-0.15, -0.1) is 22.7 Å². The first-order chi connectivity index (χ1) is 12.7. The van der Waals surface area contributed by atoms with Gasteiger partial charge in [0.1, 0.15) is 6.04 Å². The fourth-order valence-corrected chi connectivity index (χ4v) is 5.36. The molecule has 27 heavy (non-hydrogen) atoms. The molecule has 3 heterocycles. The predicted octanol–water partition coefficient (Wildman–Crippen LogP) is 1.71. The van der Waals surface area contributed by atoms with Gasteiger partial charge in [0.15, 0.2) is 6.54 Å². The number of nitrogens with zero attached hydrogens (tertiary/aromatic N) is 1. The molecule has 7 heteroatoms. The van der Waals surface area contributed by atoms with Crippen LogP contribution in [0.1, 0.15) is 42.1 Å². The molecule has 2 N–H and O–H groups in total. The Morgan fingerprint density at radius 3 is 2.70 bits per heavy atom. The smallest absolute Gasteiger partial charge is 0.277 e. The summed E-state index contributed by atoms with van der Waals surface area (Å²) in [4.78, 5) is 30.5. The summed E-state index contributed by atoms with van der Waals surface area (Å²) in [6.07, 6.45) is 1.01. The van der Waals surface area contributed by atoms with Gasteiger partial charge in [0, 0.05) is 29.4 Å². The Morgan fingerprint density at radius 2 is 2.04 bits per heavy atom. The summed E-state index contributed by atoms with van der Waals surface area (Å²) in [5, 5.41) is 7.16. The molecular weight excluding hydrogens is 378 g/mol. The fraction of sp³-hybridized carbons (Fsp3) is 0.500. The number of hydrogen-bond donors (Lipinski definition) is 2. The number of carbonyl (C=O) groups excluding carboxylic acids is 2. The molecule has 2 atom stereocenters. The number of amides is 2. The summed E-state index contributed by atoms with van der Waals surface area (Å²) < 4.78 is 0. The number of likely N-dealkylation sites (N-methyl/N-ethyl adjacent to an activating group) is 1. The van der Waals surface area contributed by atoms with Crippen molar-refractivity contribution in [1.29, 1.82) is 0 Å². The fourth-order valence-electron chi connectivity index (χ4n) is 3.54. The van der Waals surface area contributed by atoms with Crippen LogP contribution in [-0.2, 0) is 16.0 Å². The van der Waals surface area contributed by atoms with E-state index in [4.69, 9.17) is 0 Å². The maximum atomic E-state index is 12.8. The van der Waals surface area contributed by atoms with Crippen LogP contribution in [0.5, 0.6) is 0 Å². The molecule has 1 aliphatic rings. The Bertz CT molecular complexity index is 793. The van der Waals surface area contributed by atoms with Gasteiger partial charge in [-0.3, -0.25) is 9.59 Å². The highest BCUT2D eigenvalue weighted by atomic mass is 32.1. The van der Waals surface area contributed by atoms with E-state index >= 15 is 0 Å². The molecule has 146 valence electrons. The molecule has 3 rings (SSSR count). The molecule has 5 nitrogen and oxygen atoms in total. The van der Waals surface area contributed by atoms with Gasteiger partial charge in [0.2, 0.25) is 5.91 Å². The first kappa shape index (κ1) is 20.0. The summed E-state index contributed by atoms with van der Waals surface area (Å²) in [5.74, 6) is -0.115. The van der Waals surface area contributed by atoms with Gasteiger partial charge in [-0.05, 0) is 43.7 Å². The molecule has 2 aromatic heterocycles. The van der Waals surface area contributed by atoms with Crippen molar-refractivity contribution in [1.82, 2.24) is 10.2 Å². The summed E-state index contributed by atoms with van der Waals surface area (Å²) in [6.45, 7) is 7.25. The summed E-state index contributed by atoms with van der Waals surface area (Å²) >= 11 is 3.56. The van der Waals surface area contributed by atoms with Crippen LogP contribution in [0.15, 0.2) is 29.0 Å². The van der Waals surface area contributed by atoms with Crippen molar-refractivity contribution < 1.29 is 14.5 Å². The molecule has 1 unspecified atom stereocenters. The lowest BCUT2D eigenvalue weighted by molar-refractivity contribution is -0.919. The molecule has 2 amide bonds. The van der Waals surface area contributed by atoms with Gasteiger partial charge in [-0.2, -0.15) is 0 Å². The van der Waals surface area contributed by atoms with Gasteiger partial charge in [-0.1, -0.05) is 6.07 Å². The average molecular weight is 407 g/mol. The van der Waals surface area contributed by atoms with Crippen LogP contribution in [0.2, 0.25) is 0 Å². The van der Waals surface area contributed by atoms with Crippen LogP contribution in [-0.4, -0.2) is 48.9 Å². The van der Waals surface area contributed by atoms with Gasteiger partial charge < -0.3 is 15.1 Å². The van der Waals surface area contributed by atoms with Crippen molar-refractivity contribution in [2.45, 2.75) is 38.8 Å². The van der Waals surface area contributed by atoms with Gasteiger partial charge in [-0.25, -0.2) is 0 Å². The van der Waals surface area contributed by atoms with E-state index in [1.54, 1.807) is 23.3 Å². The van der Waals surface area contributed by atoms with Crippen LogP contribution >= 0.6 is 22.7 Å². The van der Waals surface area contributed by atoms with Crippen molar-refractivity contribution in [3.05, 3.63) is 44.3 Å². The van der Waals surface area contributed by atoms with Gasteiger partial charge >= 0.3 is 0 Å². The zero-order valence-electron chi connectivity index (χ0n) is 16.4. The lowest BCUT2D eigenvalue weighted by Gasteiger charge is -2.33. The van der Waals surface area contributed by atoms with Crippen molar-refractivity contribution in [2.24, 2.45) is 0 Å². The van der Waals surface area contributed by atoms with Crippen LogP contribution in [0.4, 0.5) is 0 Å². The average Bonchev–Trinajstić information content (AvgIpc) is 3.23. The number of thiophene rings is 2. The van der Waals surface area contributed by atoms with E-state index in [-0.39, 0.29) is 29.9 Å².